The second kappa shape index (κ2) is 10.4. The minimum atomic E-state index is -0.0609. The molecule has 150 valence electrons. The quantitative estimate of drug-likeness (QED) is 0.554. The van der Waals surface area contributed by atoms with Crippen LogP contribution in [0.4, 0.5) is 0 Å². The number of likely N-dealkylation sites (N-methyl/N-ethyl adjacent to an activating group) is 1. The van der Waals surface area contributed by atoms with E-state index >= 15 is 0 Å². The Morgan fingerprint density at radius 3 is 2.48 bits per heavy atom. The van der Waals surface area contributed by atoms with Crippen LogP contribution in [0.5, 0.6) is 11.5 Å². The van der Waals surface area contributed by atoms with E-state index in [0.29, 0.717) is 24.7 Å². The third-order valence-corrected chi connectivity index (χ3v) is 5.49. The van der Waals surface area contributed by atoms with Crippen molar-refractivity contribution in [3.05, 3.63) is 29.8 Å². The summed E-state index contributed by atoms with van der Waals surface area (Å²) in [7, 11) is 5.87. The van der Waals surface area contributed by atoms with Gasteiger partial charge in [0.15, 0.2) is 11.5 Å². The Bertz CT molecular complexity index is 632. The van der Waals surface area contributed by atoms with Gasteiger partial charge < -0.3 is 19.7 Å². The van der Waals surface area contributed by atoms with Crippen LogP contribution >= 0.6 is 0 Å². The van der Waals surface area contributed by atoms with Crippen LogP contribution in [0.3, 0.4) is 0 Å². The molecule has 1 aliphatic carbocycles. The van der Waals surface area contributed by atoms with Crippen LogP contribution < -0.4 is 14.8 Å². The summed E-state index contributed by atoms with van der Waals surface area (Å²) in [6.45, 7) is 3.19. The Balaban J connectivity index is 1.99. The first kappa shape index (κ1) is 21.3. The molecule has 27 heavy (non-hydrogen) atoms. The second-order valence-electron chi connectivity index (χ2n) is 7.43. The molecule has 5 heteroatoms. The number of nitrogens with zero attached hydrogens (tertiary/aromatic N) is 1. The van der Waals surface area contributed by atoms with E-state index in [2.05, 4.69) is 24.3 Å². The highest BCUT2D eigenvalue weighted by Gasteiger charge is 2.33. The molecule has 1 aromatic carbocycles. The Morgan fingerprint density at radius 2 is 1.89 bits per heavy atom. The lowest BCUT2D eigenvalue weighted by Crippen LogP contribution is -2.52. The lowest BCUT2D eigenvalue weighted by atomic mass is 9.88. The standard InChI is InChI=1S/C22H34N2O3/c1-5-27-20-16-18(10-12-19(20)26-4)11-13-21(25)23-17-22(24(2)3)14-8-6-7-9-15-22/h10-13,16H,5-9,14-15,17H2,1-4H3,(H,23,25). The average Bonchev–Trinajstić information content (AvgIpc) is 2.92. The van der Waals surface area contributed by atoms with Gasteiger partial charge in [0.2, 0.25) is 5.91 Å². The fourth-order valence-electron chi connectivity index (χ4n) is 3.72. The molecule has 1 aliphatic rings. The van der Waals surface area contributed by atoms with E-state index in [4.69, 9.17) is 9.47 Å². The lowest BCUT2D eigenvalue weighted by molar-refractivity contribution is -0.117. The van der Waals surface area contributed by atoms with Crippen LogP contribution in [0.15, 0.2) is 24.3 Å². The molecule has 0 spiro atoms. The molecule has 0 bridgehead atoms. The first-order chi connectivity index (χ1) is 13.0. The van der Waals surface area contributed by atoms with Crippen molar-refractivity contribution in [2.45, 2.75) is 51.0 Å². The number of carbonyl (C=O) groups excluding carboxylic acids is 1. The van der Waals surface area contributed by atoms with Gasteiger partial charge >= 0.3 is 0 Å². The van der Waals surface area contributed by atoms with Gasteiger partial charge in [0.05, 0.1) is 13.7 Å². The number of methoxy groups -OCH3 is 1. The number of hydrogen-bond acceptors (Lipinski definition) is 4. The van der Waals surface area contributed by atoms with Crippen LogP contribution in [0.25, 0.3) is 6.08 Å². The minimum absolute atomic E-state index is 0.0609. The van der Waals surface area contributed by atoms with Crippen LogP contribution in [-0.4, -0.2) is 50.7 Å². The molecule has 1 aromatic rings. The first-order valence-corrected chi connectivity index (χ1v) is 9.95. The zero-order valence-electron chi connectivity index (χ0n) is 17.2. The van der Waals surface area contributed by atoms with Gasteiger partial charge in [-0.1, -0.05) is 31.7 Å². The molecular formula is C22H34N2O3. The number of nitrogens with one attached hydrogen (secondary N) is 1. The van der Waals surface area contributed by atoms with Crippen LogP contribution in [-0.2, 0) is 4.79 Å². The van der Waals surface area contributed by atoms with E-state index in [0.717, 1.165) is 18.4 Å². The van der Waals surface area contributed by atoms with Crippen molar-refractivity contribution in [1.82, 2.24) is 10.2 Å². The molecule has 2 rings (SSSR count). The molecule has 5 nitrogen and oxygen atoms in total. The molecule has 1 amide bonds. The molecule has 0 unspecified atom stereocenters. The summed E-state index contributed by atoms with van der Waals surface area (Å²) in [5.41, 5.74) is 0.980. The zero-order chi connectivity index (χ0) is 19.7. The van der Waals surface area contributed by atoms with E-state index in [1.54, 1.807) is 13.2 Å². The summed E-state index contributed by atoms with van der Waals surface area (Å²) >= 11 is 0. The SMILES string of the molecule is CCOc1cc(C=CC(=O)NCC2(N(C)C)CCCCCC2)ccc1OC. The maximum atomic E-state index is 12.4. The highest BCUT2D eigenvalue weighted by atomic mass is 16.5. The maximum Gasteiger partial charge on any atom is 0.244 e. The number of hydrogen-bond donors (Lipinski definition) is 1. The van der Waals surface area contributed by atoms with Crippen molar-refractivity contribution in [3.63, 3.8) is 0 Å². The summed E-state index contributed by atoms with van der Waals surface area (Å²) in [5.74, 6) is 1.32. The highest BCUT2D eigenvalue weighted by Crippen LogP contribution is 2.31. The molecule has 1 fully saturated rings. The van der Waals surface area contributed by atoms with Gasteiger partial charge in [0.1, 0.15) is 0 Å². The van der Waals surface area contributed by atoms with E-state index in [9.17, 15) is 4.79 Å². The Labute approximate surface area is 163 Å². The smallest absolute Gasteiger partial charge is 0.244 e. The number of benzene rings is 1. The van der Waals surface area contributed by atoms with Crippen molar-refractivity contribution in [1.29, 1.82) is 0 Å². The van der Waals surface area contributed by atoms with Gasteiger partial charge in [-0.25, -0.2) is 0 Å². The monoisotopic (exact) mass is 374 g/mol. The molecule has 0 atom stereocenters. The van der Waals surface area contributed by atoms with Gasteiger partial charge in [0.25, 0.3) is 0 Å². The Hall–Kier alpha value is -2.01. The summed E-state index contributed by atoms with van der Waals surface area (Å²) < 4.78 is 10.9. The summed E-state index contributed by atoms with van der Waals surface area (Å²) in [6.07, 6.45) is 10.7. The third-order valence-electron chi connectivity index (χ3n) is 5.49. The molecule has 0 aromatic heterocycles. The van der Waals surface area contributed by atoms with Crippen LogP contribution in [0, 0.1) is 0 Å². The second-order valence-corrected chi connectivity index (χ2v) is 7.43. The van der Waals surface area contributed by atoms with Crippen molar-refractivity contribution in [2.75, 3.05) is 34.4 Å². The largest absolute Gasteiger partial charge is 0.493 e. The average molecular weight is 375 g/mol. The minimum Gasteiger partial charge on any atom is -0.493 e. The van der Waals surface area contributed by atoms with Gasteiger partial charge in [-0.15, -0.1) is 0 Å². The van der Waals surface area contributed by atoms with Gasteiger partial charge in [-0.3, -0.25) is 4.79 Å². The third kappa shape index (κ3) is 5.99. The fourth-order valence-corrected chi connectivity index (χ4v) is 3.72. The van der Waals surface area contributed by atoms with Crippen molar-refractivity contribution >= 4 is 12.0 Å². The fraction of sp³-hybridized carbons (Fsp3) is 0.591. The molecule has 0 aliphatic heterocycles. The van der Waals surface area contributed by atoms with E-state index < -0.39 is 0 Å². The highest BCUT2D eigenvalue weighted by molar-refractivity contribution is 5.91. The molecule has 0 radical (unpaired) electrons. The molecule has 0 saturated heterocycles. The van der Waals surface area contributed by atoms with E-state index in [1.807, 2.05) is 31.2 Å². The van der Waals surface area contributed by atoms with Gasteiger partial charge in [0, 0.05) is 18.2 Å². The van der Waals surface area contributed by atoms with Crippen molar-refractivity contribution in [2.24, 2.45) is 0 Å². The number of amides is 1. The molecule has 1 N–H and O–H groups in total. The first-order valence-electron chi connectivity index (χ1n) is 9.95. The molecular weight excluding hydrogens is 340 g/mol. The topological polar surface area (TPSA) is 50.8 Å². The van der Waals surface area contributed by atoms with E-state index in [-0.39, 0.29) is 11.4 Å². The van der Waals surface area contributed by atoms with Gasteiger partial charge in [-0.2, -0.15) is 0 Å². The Morgan fingerprint density at radius 1 is 1.19 bits per heavy atom. The maximum absolute atomic E-state index is 12.4. The van der Waals surface area contributed by atoms with Gasteiger partial charge in [-0.05, 0) is 57.6 Å². The number of carbonyl (C=O) groups is 1. The normalized spacial score (nSPS) is 16.9. The summed E-state index contributed by atoms with van der Waals surface area (Å²) in [4.78, 5) is 14.7. The molecule has 0 heterocycles. The summed E-state index contributed by atoms with van der Waals surface area (Å²) in [5, 5.41) is 3.11. The summed E-state index contributed by atoms with van der Waals surface area (Å²) in [6, 6.07) is 5.66. The zero-order valence-corrected chi connectivity index (χ0v) is 17.2. The number of ether oxygens (including phenoxy) is 2. The predicted octanol–water partition coefficient (Wildman–Crippen LogP) is 3.88. The molecule has 1 saturated carbocycles. The lowest BCUT2D eigenvalue weighted by Gasteiger charge is -2.39. The van der Waals surface area contributed by atoms with E-state index in [1.165, 1.54) is 25.7 Å². The number of rotatable bonds is 8. The van der Waals surface area contributed by atoms with Crippen molar-refractivity contribution in [3.8, 4) is 11.5 Å². The van der Waals surface area contributed by atoms with Crippen LogP contribution in [0.1, 0.15) is 51.0 Å². The Kier molecular flexibility index (Phi) is 8.17. The van der Waals surface area contributed by atoms with Crippen LogP contribution in [0.2, 0.25) is 0 Å². The predicted molar refractivity (Wildman–Crippen MR) is 110 cm³/mol. The van der Waals surface area contributed by atoms with Crippen molar-refractivity contribution < 1.29 is 14.3 Å².